The zero-order valence-electron chi connectivity index (χ0n) is 10.5. The molecule has 0 spiro atoms. The van der Waals surface area contributed by atoms with Gasteiger partial charge in [0, 0.05) is 0 Å². The first-order chi connectivity index (χ1) is 8.46. The van der Waals surface area contributed by atoms with Crippen molar-refractivity contribution in [3.05, 3.63) is 59.7 Å². The van der Waals surface area contributed by atoms with Crippen molar-refractivity contribution in [2.75, 3.05) is 0 Å². The van der Waals surface area contributed by atoms with Gasteiger partial charge in [-0.3, -0.25) is 0 Å². The van der Waals surface area contributed by atoms with E-state index in [-0.39, 0.29) is 0 Å². The number of hydrogen-bond acceptors (Lipinski definition) is 2. The Balaban J connectivity index is 2.43. The molecule has 0 saturated carbocycles. The molecule has 0 amide bonds. The van der Waals surface area contributed by atoms with Gasteiger partial charge in [0.2, 0.25) is 0 Å². The molecule has 0 aliphatic heterocycles. The van der Waals surface area contributed by atoms with E-state index in [0.717, 1.165) is 22.3 Å². The van der Waals surface area contributed by atoms with Crippen LogP contribution in [0.3, 0.4) is 0 Å². The zero-order chi connectivity index (χ0) is 13.0. The van der Waals surface area contributed by atoms with E-state index in [1.54, 1.807) is 13.8 Å². The zero-order valence-corrected chi connectivity index (χ0v) is 10.5. The van der Waals surface area contributed by atoms with Crippen LogP contribution in [0.2, 0.25) is 0 Å². The SMILES string of the molecule is C[C@@]1(O)c2ccccc2-c2ccccc2[C@@]1(C)O. The fourth-order valence-corrected chi connectivity index (χ4v) is 2.81. The number of aliphatic hydroxyl groups is 2. The standard InChI is InChI=1S/C16H16O2/c1-15(17)13-9-5-3-7-11(13)12-8-4-6-10-14(12)16(15,2)18/h3-10,17-18H,1-2H3/t15-,16-/m1/s1. The van der Waals surface area contributed by atoms with Crippen LogP contribution in [0.5, 0.6) is 0 Å². The molecule has 0 saturated heterocycles. The van der Waals surface area contributed by atoms with Gasteiger partial charge in [-0.05, 0) is 36.1 Å². The predicted octanol–water partition coefficient (Wildman–Crippen LogP) is 2.78. The topological polar surface area (TPSA) is 40.5 Å². The maximum absolute atomic E-state index is 10.8. The average molecular weight is 240 g/mol. The first kappa shape index (κ1) is 11.5. The maximum Gasteiger partial charge on any atom is 0.120 e. The number of hydrogen-bond donors (Lipinski definition) is 2. The molecular weight excluding hydrogens is 224 g/mol. The fourth-order valence-electron chi connectivity index (χ4n) is 2.81. The van der Waals surface area contributed by atoms with Gasteiger partial charge in [-0.2, -0.15) is 0 Å². The molecular formula is C16H16O2. The molecule has 0 aromatic heterocycles. The molecule has 0 radical (unpaired) electrons. The molecule has 2 N–H and O–H groups in total. The molecule has 3 rings (SSSR count). The van der Waals surface area contributed by atoms with Crippen molar-refractivity contribution in [1.29, 1.82) is 0 Å². The average Bonchev–Trinajstić information content (AvgIpc) is 2.37. The van der Waals surface area contributed by atoms with E-state index in [4.69, 9.17) is 0 Å². The summed E-state index contributed by atoms with van der Waals surface area (Å²) >= 11 is 0. The van der Waals surface area contributed by atoms with Crippen LogP contribution in [0.25, 0.3) is 11.1 Å². The molecule has 92 valence electrons. The molecule has 2 aromatic carbocycles. The Bertz CT molecular complexity index is 556. The van der Waals surface area contributed by atoms with Crippen LogP contribution >= 0.6 is 0 Å². The highest BCUT2D eigenvalue weighted by Gasteiger charge is 2.49. The summed E-state index contributed by atoms with van der Waals surface area (Å²) in [6.07, 6.45) is 0. The summed E-state index contributed by atoms with van der Waals surface area (Å²) in [5, 5.41) is 21.5. The van der Waals surface area contributed by atoms with Gasteiger partial charge in [-0.1, -0.05) is 48.5 Å². The summed E-state index contributed by atoms with van der Waals surface area (Å²) in [7, 11) is 0. The van der Waals surface area contributed by atoms with Gasteiger partial charge in [-0.25, -0.2) is 0 Å². The van der Waals surface area contributed by atoms with Crippen molar-refractivity contribution in [1.82, 2.24) is 0 Å². The summed E-state index contributed by atoms with van der Waals surface area (Å²) in [5.41, 5.74) is 0.937. The summed E-state index contributed by atoms with van der Waals surface area (Å²) in [5.74, 6) is 0. The smallest absolute Gasteiger partial charge is 0.120 e. The Morgan fingerprint density at radius 1 is 0.667 bits per heavy atom. The third-order valence-electron chi connectivity index (χ3n) is 4.14. The monoisotopic (exact) mass is 240 g/mol. The molecule has 0 heterocycles. The van der Waals surface area contributed by atoms with Gasteiger partial charge in [0.15, 0.2) is 0 Å². The quantitative estimate of drug-likeness (QED) is 0.743. The van der Waals surface area contributed by atoms with Crippen LogP contribution in [-0.2, 0) is 11.2 Å². The van der Waals surface area contributed by atoms with Crippen LogP contribution in [0.4, 0.5) is 0 Å². The first-order valence-corrected chi connectivity index (χ1v) is 6.10. The molecule has 2 nitrogen and oxygen atoms in total. The Kier molecular flexibility index (Phi) is 2.19. The van der Waals surface area contributed by atoms with E-state index >= 15 is 0 Å². The molecule has 0 fully saturated rings. The minimum Gasteiger partial charge on any atom is -0.382 e. The lowest BCUT2D eigenvalue weighted by Gasteiger charge is -2.45. The van der Waals surface area contributed by atoms with E-state index in [1.807, 2.05) is 48.5 Å². The second kappa shape index (κ2) is 3.44. The normalized spacial score (nSPS) is 29.6. The van der Waals surface area contributed by atoms with Crippen molar-refractivity contribution < 1.29 is 10.2 Å². The number of benzene rings is 2. The van der Waals surface area contributed by atoms with Crippen molar-refractivity contribution in [2.24, 2.45) is 0 Å². The molecule has 0 unspecified atom stereocenters. The molecule has 2 heteroatoms. The lowest BCUT2D eigenvalue weighted by atomic mass is 9.67. The van der Waals surface area contributed by atoms with Crippen molar-refractivity contribution in [3.8, 4) is 11.1 Å². The first-order valence-electron chi connectivity index (χ1n) is 6.10. The Morgan fingerprint density at radius 2 is 1.00 bits per heavy atom. The molecule has 2 atom stereocenters. The van der Waals surface area contributed by atoms with E-state index in [1.165, 1.54) is 0 Å². The van der Waals surface area contributed by atoms with Crippen LogP contribution in [0.15, 0.2) is 48.5 Å². The molecule has 1 aliphatic rings. The Morgan fingerprint density at radius 3 is 1.39 bits per heavy atom. The highest BCUT2D eigenvalue weighted by atomic mass is 16.4. The molecule has 2 aromatic rings. The highest BCUT2D eigenvalue weighted by molar-refractivity contribution is 5.76. The maximum atomic E-state index is 10.8. The third-order valence-corrected chi connectivity index (χ3v) is 4.14. The summed E-state index contributed by atoms with van der Waals surface area (Å²) < 4.78 is 0. The third kappa shape index (κ3) is 1.25. The largest absolute Gasteiger partial charge is 0.382 e. The Hall–Kier alpha value is -1.64. The van der Waals surface area contributed by atoms with Gasteiger partial charge in [0.05, 0.1) is 0 Å². The highest BCUT2D eigenvalue weighted by Crippen LogP contribution is 2.50. The number of fused-ring (bicyclic) bond motifs is 3. The lowest BCUT2D eigenvalue weighted by Crippen LogP contribution is -2.47. The van der Waals surface area contributed by atoms with Crippen molar-refractivity contribution in [2.45, 2.75) is 25.0 Å². The van der Waals surface area contributed by atoms with E-state index in [0.29, 0.717) is 0 Å². The molecule has 1 aliphatic carbocycles. The van der Waals surface area contributed by atoms with Crippen LogP contribution in [-0.4, -0.2) is 10.2 Å². The van der Waals surface area contributed by atoms with Gasteiger partial charge >= 0.3 is 0 Å². The van der Waals surface area contributed by atoms with Crippen LogP contribution in [0.1, 0.15) is 25.0 Å². The van der Waals surface area contributed by atoms with Gasteiger partial charge < -0.3 is 10.2 Å². The van der Waals surface area contributed by atoms with Gasteiger partial charge in [-0.15, -0.1) is 0 Å². The van der Waals surface area contributed by atoms with Gasteiger partial charge in [0.1, 0.15) is 11.2 Å². The van der Waals surface area contributed by atoms with E-state index in [2.05, 4.69) is 0 Å². The van der Waals surface area contributed by atoms with Crippen molar-refractivity contribution >= 4 is 0 Å². The van der Waals surface area contributed by atoms with Crippen LogP contribution < -0.4 is 0 Å². The summed E-state index contributed by atoms with van der Waals surface area (Å²) in [6, 6.07) is 15.4. The fraction of sp³-hybridized carbons (Fsp3) is 0.250. The minimum atomic E-state index is -1.29. The summed E-state index contributed by atoms with van der Waals surface area (Å²) in [4.78, 5) is 0. The molecule has 18 heavy (non-hydrogen) atoms. The van der Waals surface area contributed by atoms with E-state index in [9.17, 15) is 10.2 Å². The van der Waals surface area contributed by atoms with Gasteiger partial charge in [0.25, 0.3) is 0 Å². The minimum absolute atomic E-state index is 0.772. The predicted molar refractivity (Wildman–Crippen MR) is 71.0 cm³/mol. The van der Waals surface area contributed by atoms with Crippen LogP contribution in [0, 0.1) is 0 Å². The summed E-state index contributed by atoms with van der Waals surface area (Å²) in [6.45, 7) is 3.34. The van der Waals surface area contributed by atoms with E-state index < -0.39 is 11.2 Å². The Labute approximate surface area is 107 Å². The second-order valence-electron chi connectivity index (χ2n) is 5.24. The molecule has 0 bridgehead atoms. The number of rotatable bonds is 0. The van der Waals surface area contributed by atoms with Crippen molar-refractivity contribution in [3.63, 3.8) is 0 Å². The second-order valence-corrected chi connectivity index (χ2v) is 5.24. The lowest BCUT2D eigenvalue weighted by molar-refractivity contribution is -0.144.